The van der Waals surface area contributed by atoms with Crippen LogP contribution in [0.15, 0.2) is 21.8 Å². The fourth-order valence-corrected chi connectivity index (χ4v) is 2.65. The van der Waals surface area contributed by atoms with Crippen molar-refractivity contribution in [3.63, 3.8) is 0 Å². The van der Waals surface area contributed by atoms with E-state index in [1.54, 1.807) is 4.90 Å². The summed E-state index contributed by atoms with van der Waals surface area (Å²) in [5, 5.41) is 15.8. The van der Waals surface area contributed by atoms with Crippen molar-refractivity contribution < 1.29 is 19.2 Å². The summed E-state index contributed by atoms with van der Waals surface area (Å²) < 4.78 is 5.72. The molecule has 11 heteroatoms. The van der Waals surface area contributed by atoms with Crippen LogP contribution in [0.25, 0.3) is 0 Å². The average molecular weight is 348 g/mol. The predicted molar refractivity (Wildman–Crippen MR) is 85.1 cm³/mol. The molecule has 0 bridgehead atoms. The highest BCUT2D eigenvalue weighted by Crippen LogP contribution is 2.23. The number of hydrogen-bond acceptors (Lipinski definition) is 8. The van der Waals surface area contributed by atoms with Crippen molar-refractivity contribution >= 4 is 23.5 Å². The van der Waals surface area contributed by atoms with E-state index in [2.05, 4.69) is 20.0 Å². The molecule has 0 radical (unpaired) electrons. The molecular weight excluding hydrogens is 332 g/mol. The van der Waals surface area contributed by atoms with Gasteiger partial charge in [-0.05, 0) is 6.42 Å². The van der Waals surface area contributed by atoms with Crippen LogP contribution in [-0.4, -0.2) is 44.7 Å². The van der Waals surface area contributed by atoms with Gasteiger partial charge in [-0.1, -0.05) is 5.16 Å². The van der Waals surface area contributed by atoms with Crippen molar-refractivity contribution in [2.45, 2.75) is 6.42 Å². The minimum absolute atomic E-state index is 0.169. The molecule has 0 saturated carbocycles. The van der Waals surface area contributed by atoms with E-state index in [9.17, 15) is 19.5 Å². The molecule has 0 unspecified atom stereocenters. The lowest BCUT2D eigenvalue weighted by Gasteiger charge is -2.20. The molecule has 132 valence electrons. The summed E-state index contributed by atoms with van der Waals surface area (Å²) in [5.74, 6) is -2.19. The summed E-state index contributed by atoms with van der Waals surface area (Å²) in [6.07, 6.45) is 2.97. The van der Waals surface area contributed by atoms with E-state index in [0.29, 0.717) is 13.0 Å². The summed E-state index contributed by atoms with van der Waals surface area (Å²) in [4.78, 5) is 41.6. The van der Waals surface area contributed by atoms with E-state index in [0.717, 1.165) is 4.57 Å². The first-order chi connectivity index (χ1) is 11.9. The molecule has 1 aliphatic rings. The van der Waals surface area contributed by atoms with E-state index < -0.39 is 28.8 Å². The Hall–Kier alpha value is -3.37. The van der Waals surface area contributed by atoms with E-state index in [4.69, 9.17) is 5.73 Å². The second-order valence-corrected chi connectivity index (χ2v) is 5.67. The SMILES string of the molecule is Cn1c(N2CC[C@H](C(N)=O)C2)nc(C(=O)Nc2cnoc2)c(O)c1=O. The first-order valence-electron chi connectivity index (χ1n) is 7.43. The standard InChI is InChI=1S/C14H16N6O5/c1-19-13(24)10(21)9(12(23)17-8-4-16-25-6-8)18-14(19)20-3-2-7(5-20)11(15)22/h4,6-7,21H,2-3,5H2,1H3,(H2,15,22)(H,17,23)/t7-/m0/s1. The summed E-state index contributed by atoms with van der Waals surface area (Å²) in [6, 6.07) is 0. The molecule has 11 nitrogen and oxygen atoms in total. The summed E-state index contributed by atoms with van der Waals surface area (Å²) >= 11 is 0. The Kier molecular flexibility index (Phi) is 4.13. The number of nitrogens with one attached hydrogen (secondary N) is 1. The second kappa shape index (κ2) is 6.26. The van der Waals surface area contributed by atoms with Crippen LogP contribution in [0.5, 0.6) is 5.75 Å². The number of rotatable bonds is 4. The Labute approximate surface area is 141 Å². The smallest absolute Gasteiger partial charge is 0.297 e. The number of nitrogens with zero attached hydrogens (tertiary/aromatic N) is 4. The van der Waals surface area contributed by atoms with Crippen LogP contribution in [0.3, 0.4) is 0 Å². The predicted octanol–water partition coefficient (Wildman–Crippen LogP) is -0.962. The number of carbonyl (C=O) groups excluding carboxylic acids is 2. The van der Waals surface area contributed by atoms with Crippen LogP contribution in [0.2, 0.25) is 0 Å². The van der Waals surface area contributed by atoms with Gasteiger partial charge < -0.3 is 25.6 Å². The number of primary amides is 1. The van der Waals surface area contributed by atoms with Crippen LogP contribution < -0.4 is 21.5 Å². The maximum Gasteiger partial charge on any atom is 0.297 e. The Bertz CT molecular complexity index is 875. The van der Waals surface area contributed by atoms with Gasteiger partial charge in [0.15, 0.2) is 5.69 Å². The average Bonchev–Trinajstić information content (AvgIpc) is 3.24. The molecule has 25 heavy (non-hydrogen) atoms. The fraction of sp³-hybridized carbons (Fsp3) is 0.357. The van der Waals surface area contributed by atoms with E-state index in [1.807, 2.05) is 0 Å². The van der Waals surface area contributed by atoms with Crippen LogP contribution >= 0.6 is 0 Å². The van der Waals surface area contributed by atoms with E-state index in [1.165, 1.54) is 19.5 Å². The molecule has 1 atom stereocenters. The number of aromatic hydroxyl groups is 1. The van der Waals surface area contributed by atoms with Gasteiger partial charge in [0.2, 0.25) is 17.6 Å². The van der Waals surface area contributed by atoms with Crippen molar-refractivity contribution in [1.29, 1.82) is 0 Å². The molecule has 1 aliphatic heterocycles. The molecule has 0 spiro atoms. The van der Waals surface area contributed by atoms with Crippen LogP contribution in [0.1, 0.15) is 16.9 Å². The molecule has 3 heterocycles. The Morgan fingerprint density at radius 2 is 2.24 bits per heavy atom. The topological polar surface area (TPSA) is 157 Å². The highest BCUT2D eigenvalue weighted by Gasteiger charge is 2.30. The quantitative estimate of drug-likeness (QED) is 0.637. The number of anilines is 2. The van der Waals surface area contributed by atoms with Gasteiger partial charge in [0.1, 0.15) is 12.0 Å². The molecule has 0 aliphatic carbocycles. The number of carbonyl (C=O) groups is 2. The number of nitrogens with two attached hydrogens (primary N) is 1. The maximum atomic E-state index is 12.3. The molecule has 2 amide bonds. The van der Waals surface area contributed by atoms with Gasteiger partial charge >= 0.3 is 0 Å². The lowest BCUT2D eigenvalue weighted by Crippen LogP contribution is -2.33. The van der Waals surface area contributed by atoms with Crippen molar-refractivity contribution in [3.05, 3.63) is 28.5 Å². The zero-order valence-corrected chi connectivity index (χ0v) is 13.3. The summed E-state index contributed by atoms with van der Waals surface area (Å²) in [7, 11) is 1.42. The third kappa shape index (κ3) is 3.03. The van der Waals surface area contributed by atoms with Crippen molar-refractivity contribution in [2.24, 2.45) is 18.7 Å². The van der Waals surface area contributed by atoms with Gasteiger partial charge in [0, 0.05) is 20.1 Å². The molecule has 4 N–H and O–H groups in total. The van der Waals surface area contributed by atoms with Crippen molar-refractivity contribution in [3.8, 4) is 5.75 Å². The minimum Gasteiger partial charge on any atom is -0.501 e. The molecule has 1 saturated heterocycles. The van der Waals surface area contributed by atoms with Gasteiger partial charge in [0.05, 0.1) is 12.1 Å². The fourth-order valence-electron chi connectivity index (χ4n) is 2.65. The highest BCUT2D eigenvalue weighted by atomic mass is 16.5. The lowest BCUT2D eigenvalue weighted by atomic mass is 10.1. The maximum absolute atomic E-state index is 12.3. The summed E-state index contributed by atoms with van der Waals surface area (Å²) in [6.45, 7) is 0.735. The zero-order chi connectivity index (χ0) is 18.1. The number of aromatic nitrogens is 3. The number of hydrogen-bond donors (Lipinski definition) is 3. The van der Waals surface area contributed by atoms with Crippen molar-refractivity contribution in [2.75, 3.05) is 23.3 Å². The van der Waals surface area contributed by atoms with Crippen LogP contribution in [0, 0.1) is 5.92 Å². The summed E-state index contributed by atoms with van der Waals surface area (Å²) in [5.41, 5.74) is 4.36. The van der Waals surface area contributed by atoms with E-state index in [-0.39, 0.29) is 24.1 Å². The third-order valence-electron chi connectivity index (χ3n) is 4.02. The van der Waals surface area contributed by atoms with E-state index >= 15 is 0 Å². The van der Waals surface area contributed by atoms with Crippen LogP contribution in [-0.2, 0) is 11.8 Å². The normalized spacial score (nSPS) is 16.8. The molecular formula is C14H16N6O5. The first-order valence-corrected chi connectivity index (χ1v) is 7.43. The van der Waals surface area contributed by atoms with Crippen molar-refractivity contribution in [1.82, 2.24) is 14.7 Å². The Balaban J connectivity index is 1.95. The van der Waals surface area contributed by atoms with Gasteiger partial charge in [-0.2, -0.15) is 0 Å². The van der Waals surface area contributed by atoms with Gasteiger partial charge in [-0.15, -0.1) is 0 Å². The largest absolute Gasteiger partial charge is 0.501 e. The Morgan fingerprint density at radius 3 is 2.84 bits per heavy atom. The molecule has 1 fully saturated rings. The van der Waals surface area contributed by atoms with Gasteiger partial charge in [0.25, 0.3) is 11.5 Å². The third-order valence-corrected chi connectivity index (χ3v) is 4.02. The second-order valence-electron chi connectivity index (χ2n) is 5.67. The molecule has 2 aromatic heterocycles. The Morgan fingerprint density at radius 1 is 1.48 bits per heavy atom. The monoisotopic (exact) mass is 348 g/mol. The zero-order valence-electron chi connectivity index (χ0n) is 13.3. The highest BCUT2D eigenvalue weighted by molar-refractivity contribution is 6.04. The number of amides is 2. The van der Waals surface area contributed by atoms with Gasteiger partial charge in [-0.25, -0.2) is 4.98 Å². The lowest BCUT2D eigenvalue weighted by molar-refractivity contribution is -0.121. The minimum atomic E-state index is -0.787. The molecule has 3 rings (SSSR count). The molecule has 0 aromatic carbocycles. The van der Waals surface area contributed by atoms with Crippen LogP contribution in [0.4, 0.5) is 11.6 Å². The molecule has 2 aromatic rings. The van der Waals surface area contributed by atoms with Gasteiger partial charge in [-0.3, -0.25) is 19.0 Å². The first kappa shape index (κ1) is 16.5.